The molecule has 28 heavy (non-hydrogen) atoms. The number of hydrogen-bond donors (Lipinski definition) is 0. The molecule has 4 rings (SSSR count). The smallest absolute Gasteiger partial charge is 0.270 e. The average molecular weight is 417 g/mol. The highest BCUT2D eigenvalue weighted by atomic mass is 35.5. The number of fused-ring (bicyclic) bond motifs is 1. The number of anilines is 1. The Kier molecular flexibility index (Phi) is 4.91. The van der Waals surface area contributed by atoms with E-state index in [0.717, 1.165) is 20.9 Å². The van der Waals surface area contributed by atoms with Crippen LogP contribution in [0, 0.1) is 17.0 Å². The van der Waals surface area contributed by atoms with Crippen molar-refractivity contribution in [2.45, 2.75) is 6.92 Å². The summed E-state index contributed by atoms with van der Waals surface area (Å²) in [6.45, 7) is 4.38. The normalized spacial score (nSPS) is 14.5. The van der Waals surface area contributed by atoms with Crippen molar-refractivity contribution in [3.8, 4) is 0 Å². The number of rotatable bonds is 3. The van der Waals surface area contributed by atoms with E-state index in [0.29, 0.717) is 36.8 Å². The van der Waals surface area contributed by atoms with Crippen molar-refractivity contribution in [3.05, 3.63) is 62.7 Å². The number of aromatic nitrogens is 1. The summed E-state index contributed by atoms with van der Waals surface area (Å²) in [6, 6.07) is 9.71. The van der Waals surface area contributed by atoms with Crippen LogP contribution in [0.15, 0.2) is 36.4 Å². The lowest BCUT2D eigenvalue weighted by atomic mass is 10.1. The summed E-state index contributed by atoms with van der Waals surface area (Å²) in [6.07, 6.45) is 0. The Bertz CT molecular complexity index is 1040. The van der Waals surface area contributed by atoms with Gasteiger partial charge in [0.25, 0.3) is 11.6 Å². The molecule has 1 aliphatic rings. The first-order chi connectivity index (χ1) is 13.4. The zero-order chi connectivity index (χ0) is 19.8. The Labute approximate surface area is 170 Å². The van der Waals surface area contributed by atoms with E-state index in [1.54, 1.807) is 22.3 Å². The van der Waals surface area contributed by atoms with Crippen LogP contribution in [-0.2, 0) is 0 Å². The van der Waals surface area contributed by atoms with Gasteiger partial charge in [0.05, 0.1) is 20.2 Å². The fourth-order valence-corrected chi connectivity index (χ4v) is 4.63. The Morgan fingerprint density at radius 1 is 1.21 bits per heavy atom. The molecule has 1 amide bonds. The maximum absolute atomic E-state index is 12.7. The van der Waals surface area contributed by atoms with Gasteiger partial charge in [-0.2, -0.15) is 0 Å². The molecule has 0 atom stereocenters. The molecular weight excluding hydrogens is 400 g/mol. The molecule has 1 fully saturated rings. The fourth-order valence-electron chi connectivity index (χ4n) is 3.26. The van der Waals surface area contributed by atoms with Crippen LogP contribution >= 0.6 is 22.9 Å². The van der Waals surface area contributed by atoms with Crippen molar-refractivity contribution in [2.24, 2.45) is 0 Å². The summed E-state index contributed by atoms with van der Waals surface area (Å²) in [4.78, 5) is 31.8. The summed E-state index contributed by atoms with van der Waals surface area (Å²) < 4.78 is 0.978. The zero-order valence-electron chi connectivity index (χ0n) is 15.1. The van der Waals surface area contributed by atoms with Gasteiger partial charge in [0.1, 0.15) is 0 Å². The Morgan fingerprint density at radius 2 is 1.96 bits per heavy atom. The van der Waals surface area contributed by atoms with Gasteiger partial charge >= 0.3 is 0 Å². The molecule has 1 aromatic heterocycles. The molecule has 0 spiro atoms. The van der Waals surface area contributed by atoms with E-state index in [2.05, 4.69) is 4.90 Å². The topological polar surface area (TPSA) is 79.6 Å². The molecule has 2 aromatic carbocycles. The van der Waals surface area contributed by atoms with Crippen molar-refractivity contribution in [3.63, 3.8) is 0 Å². The number of benzene rings is 2. The number of aryl methyl sites for hydroxylation is 1. The number of piperazine rings is 1. The van der Waals surface area contributed by atoms with E-state index < -0.39 is 4.92 Å². The number of non-ortho nitro benzene ring substituents is 1. The molecule has 1 saturated heterocycles. The summed E-state index contributed by atoms with van der Waals surface area (Å²) in [5, 5.41) is 12.5. The minimum Gasteiger partial charge on any atom is -0.345 e. The number of carbonyl (C=O) groups excluding carboxylic acids is 1. The maximum Gasteiger partial charge on any atom is 0.270 e. The van der Waals surface area contributed by atoms with Gasteiger partial charge in [-0.25, -0.2) is 4.98 Å². The second-order valence-electron chi connectivity index (χ2n) is 6.63. The van der Waals surface area contributed by atoms with Gasteiger partial charge in [0.15, 0.2) is 5.13 Å². The van der Waals surface area contributed by atoms with Crippen LogP contribution in [0.2, 0.25) is 5.02 Å². The molecular formula is C19H17ClN4O3S. The van der Waals surface area contributed by atoms with Crippen LogP contribution in [0.25, 0.3) is 10.2 Å². The predicted molar refractivity (Wildman–Crippen MR) is 111 cm³/mol. The highest BCUT2D eigenvalue weighted by Gasteiger charge is 2.25. The van der Waals surface area contributed by atoms with E-state index in [9.17, 15) is 14.9 Å². The molecule has 0 aliphatic carbocycles. The number of halogens is 1. The van der Waals surface area contributed by atoms with E-state index >= 15 is 0 Å². The molecule has 9 heteroatoms. The quantitative estimate of drug-likeness (QED) is 0.473. The third-order valence-electron chi connectivity index (χ3n) is 4.83. The predicted octanol–water partition coefficient (Wildman–Crippen LogP) is 4.13. The number of nitro benzene ring substituents is 1. The Balaban J connectivity index is 1.48. The molecule has 0 N–H and O–H groups in total. The molecule has 3 aromatic rings. The number of nitrogens with zero attached hydrogens (tertiary/aromatic N) is 4. The van der Waals surface area contributed by atoms with E-state index in [1.807, 2.05) is 19.1 Å². The van der Waals surface area contributed by atoms with Gasteiger partial charge in [0.2, 0.25) is 0 Å². The molecule has 1 aliphatic heterocycles. The van der Waals surface area contributed by atoms with Crippen LogP contribution < -0.4 is 4.90 Å². The summed E-state index contributed by atoms with van der Waals surface area (Å²) in [5.41, 5.74) is 2.26. The standard InChI is InChI=1S/C19H17ClN4O3S/c1-12-5-6-15(20)17-16(12)21-19(28-17)23-9-7-22(8-10-23)18(25)13-3-2-4-14(11-13)24(26)27/h2-6,11H,7-10H2,1H3. The van der Waals surface area contributed by atoms with Gasteiger partial charge in [-0.1, -0.05) is 35.1 Å². The summed E-state index contributed by atoms with van der Waals surface area (Å²) >= 11 is 7.86. The Hall–Kier alpha value is -2.71. The van der Waals surface area contributed by atoms with Crippen LogP contribution in [0.1, 0.15) is 15.9 Å². The SMILES string of the molecule is Cc1ccc(Cl)c2sc(N3CCN(C(=O)c4cccc([N+](=O)[O-])c4)CC3)nc12. The van der Waals surface area contributed by atoms with Gasteiger partial charge in [-0.3, -0.25) is 14.9 Å². The number of carbonyl (C=O) groups is 1. The lowest BCUT2D eigenvalue weighted by Gasteiger charge is -2.34. The molecule has 0 bridgehead atoms. The van der Waals surface area contributed by atoms with Crippen molar-refractivity contribution >= 4 is 49.9 Å². The van der Waals surface area contributed by atoms with Crippen molar-refractivity contribution in [1.29, 1.82) is 0 Å². The number of thiazole rings is 1. The largest absolute Gasteiger partial charge is 0.345 e. The third-order valence-corrected chi connectivity index (χ3v) is 6.40. The van der Waals surface area contributed by atoms with E-state index in [4.69, 9.17) is 16.6 Å². The highest BCUT2D eigenvalue weighted by molar-refractivity contribution is 7.22. The first-order valence-electron chi connectivity index (χ1n) is 8.78. The summed E-state index contributed by atoms with van der Waals surface area (Å²) in [7, 11) is 0. The third kappa shape index (κ3) is 3.41. The lowest BCUT2D eigenvalue weighted by Crippen LogP contribution is -2.48. The number of amides is 1. The number of nitro groups is 1. The van der Waals surface area contributed by atoms with E-state index in [1.165, 1.54) is 18.2 Å². The fraction of sp³-hybridized carbons (Fsp3) is 0.263. The molecule has 0 saturated carbocycles. The molecule has 0 unspecified atom stereocenters. The molecule has 2 heterocycles. The molecule has 7 nitrogen and oxygen atoms in total. The summed E-state index contributed by atoms with van der Waals surface area (Å²) in [5.74, 6) is -0.188. The van der Waals surface area contributed by atoms with Crippen LogP contribution in [0.4, 0.5) is 10.8 Å². The first-order valence-corrected chi connectivity index (χ1v) is 9.98. The van der Waals surface area contributed by atoms with Crippen molar-refractivity contribution in [2.75, 3.05) is 31.1 Å². The zero-order valence-corrected chi connectivity index (χ0v) is 16.7. The van der Waals surface area contributed by atoms with E-state index in [-0.39, 0.29) is 11.6 Å². The van der Waals surface area contributed by atoms with Gasteiger partial charge in [0, 0.05) is 43.9 Å². The first kappa shape index (κ1) is 18.6. The molecule has 144 valence electrons. The minimum atomic E-state index is -0.491. The van der Waals surface area contributed by atoms with Gasteiger partial charge in [-0.15, -0.1) is 0 Å². The Morgan fingerprint density at radius 3 is 2.64 bits per heavy atom. The van der Waals surface area contributed by atoms with Gasteiger partial charge in [-0.05, 0) is 24.6 Å². The van der Waals surface area contributed by atoms with Crippen molar-refractivity contribution in [1.82, 2.24) is 9.88 Å². The van der Waals surface area contributed by atoms with Crippen LogP contribution in [0.3, 0.4) is 0 Å². The van der Waals surface area contributed by atoms with Crippen LogP contribution in [0.5, 0.6) is 0 Å². The van der Waals surface area contributed by atoms with Crippen LogP contribution in [-0.4, -0.2) is 46.9 Å². The lowest BCUT2D eigenvalue weighted by molar-refractivity contribution is -0.384. The second-order valence-corrected chi connectivity index (χ2v) is 8.01. The number of hydrogen-bond acceptors (Lipinski definition) is 6. The minimum absolute atomic E-state index is 0.0776. The second kappa shape index (κ2) is 7.37. The molecule has 0 radical (unpaired) electrons. The monoisotopic (exact) mass is 416 g/mol. The van der Waals surface area contributed by atoms with Gasteiger partial charge < -0.3 is 9.80 Å². The maximum atomic E-state index is 12.7. The van der Waals surface area contributed by atoms with Crippen molar-refractivity contribution < 1.29 is 9.72 Å². The highest BCUT2D eigenvalue weighted by Crippen LogP contribution is 2.35. The average Bonchev–Trinajstić information content (AvgIpc) is 3.17.